The highest BCUT2D eigenvalue weighted by molar-refractivity contribution is 6.19. The maximum Gasteiger partial charge on any atom is 0.234 e. The molecule has 0 aliphatic carbocycles. The van der Waals surface area contributed by atoms with E-state index >= 15 is 0 Å². The van der Waals surface area contributed by atoms with Crippen molar-refractivity contribution in [1.29, 1.82) is 0 Å². The summed E-state index contributed by atoms with van der Waals surface area (Å²) in [6.45, 7) is 3.99. The number of carbonyl (C=O) groups is 3. The number of amides is 3. The zero-order valence-corrected chi connectivity index (χ0v) is 28.4. The van der Waals surface area contributed by atoms with Gasteiger partial charge in [0.1, 0.15) is 0 Å². The Morgan fingerprint density at radius 1 is 0.720 bits per heavy atom. The molecule has 0 bridgehead atoms. The van der Waals surface area contributed by atoms with Crippen LogP contribution in [0.1, 0.15) is 50.7 Å². The molecule has 12 heteroatoms. The largest absolute Gasteiger partial charge is 0.493 e. The predicted molar refractivity (Wildman–Crippen MR) is 184 cm³/mol. The van der Waals surface area contributed by atoms with Crippen LogP contribution in [0.3, 0.4) is 0 Å². The molecule has 2 N–H and O–H groups in total. The Morgan fingerprint density at radius 2 is 1.22 bits per heavy atom. The van der Waals surface area contributed by atoms with Crippen LogP contribution in [-0.2, 0) is 27.2 Å². The molecule has 1 saturated heterocycles. The van der Waals surface area contributed by atoms with Gasteiger partial charge in [0.15, 0.2) is 46.1 Å². The molecule has 0 radical (unpaired) electrons. The lowest BCUT2D eigenvalue weighted by Crippen LogP contribution is -2.28. The second-order valence-corrected chi connectivity index (χ2v) is 11.1. The minimum absolute atomic E-state index is 0.00890. The van der Waals surface area contributed by atoms with Gasteiger partial charge in [0.2, 0.25) is 17.7 Å². The first-order valence-electron chi connectivity index (χ1n) is 16.2. The van der Waals surface area contributed by atoms with Crippen LogP contribution in [0.15, 0.2) is 72.8 Å². The van der Waals surface area contributed by atoms with E-state index in [0.717, 1.165) is 34.9 Å². The summed E-state index contributed by atoms with van der Waals surface area (Å²) < 4.78 is 50.5. The van der Waals surface area contributed by atoms with Gasteiger partial charge in [-0.1, -0.05) is 26.0 Å². The molecule has 50 heavy (non-hydrogen) atoms. The predicted octanol–water partition coefficient (Wildman–Crippen LogP) is 7.74. The van der Waals surface area contributed by atoms with Gasteiger partial charge in [0.05, 0.1) is 19.9 Å². The number of aliphatic hydroxyl groups is 1. The zero-order valence-electron chi connectivity index (χ0n) is 28.4. The number of benzene rings is 4. The lowest BCUT2D eigenvalue weighted by Gasteiger charge is -2.16. The van der Waals surface area contributed by atoms with Crippen molar-refractivity contribution in [3.63, 3.8) is 0 Å². The Hall–Kier alpha value is -5.49. The van der Waals surface area contributed by atoms with Crippen LogP contribution in [0.25, 0.3) is 0 Å². The van der Waals surface area contributed by atoms with Gasteiger partial charge in [0, 0.05) is 43.7 Å². The first-order valence-corrected chi connectivity index (χ1v) is 16.2. The standard InChI is InChI=1S/C19H18FNO4.C19H22FNO4/c1-3-12-4-6-16(17(10-12)24-2)25-15-7-5-13(11-14(15)20)21-18(22)8-9-19(21)23;1-3-13-6-8-17(18(11-13)24-2)25-16-9-7-14(12-15(16)20)21-19(23)5-4-10-22/h4-7,10-11H,3,8-9H2,1-2H3;6-9,11-12,22H,3-5,10H2,1-2H3,(H,21,23). The van der Waals surface area contributed by atoms with Crippen molar-refractivity contribution >= 4 is 29.1 Å². The Balaban J connectivity index is 0.000000225. The number of hydrogen-bond acceptors (Lipinski definition) is 8. The Bertz CT molecular complexity index is 1810. The Labute approximate surface area is 289 Å². The zero-order chi connectivity index (χ0) is 36.2. The summed E-state index contributed by atoms with van der Waals surface area (Å²) in [4.78, 5) is 36.1. The number of methoxy groups -OCH3 is 2. The summed E-state index contributed by atoms with van der Waals surface area (Å²) >= 11 is 0. The summed E-state index contributed by atoms with van der Waals surface area (Å²) in [6.07, 6.45) is 2.55. The van der Waals surface area contributed by atoms with Crippen LogP contribution in [0.2, 0.25) is 0 Å². The van der Waals surface area contributed by atoms with Crippen LogP contribution < -0.4 is 29.2 Å². The number of aliphatic hydroxyl groups excluding tert-OH is 1. The highest BCUT2D eigenvalue weighted by Gasteiger charge is 2.31. The van der Waals surface area contributed by atoms with Crippen molar-refractivity contribution in [1.82, 2.24) is 0 Å². The third-order valence-electron chi connectivity index (χ3n) is 7.72. The summed E-state index contributed by atoms with van der Waals surface area (Å²) in [6, 6.07) is 19.1. The summed E-state index contributed by atoms with van der Waals surface area (Å²) in [5.74, 6) is -0.316. The van der Waals surface area contributed by atoms with E-state index in [1.54, 1.807) is 18.2 Å². The van der Waals surface area contributed by atoms with E-state index in [4.69, 9.17) is 24.1 Å². The first kappa shape index (κ1) is 37.3. The molecule has 0 aromatic heterocycles. The number of rotatable bonds is 13. The fourth-order valence-corrected chi connectivity index (χ4v) is 4.97. The lowest BCUT2D eigenvalue weighted by atomic mass is 10.1. The molecule has 0 unspecified atom stereocenters. The Morgan fingerprint density at radius 3 is 1.68 bits per heavy atom. The summed E-state index contributed by atoms with van der Waals surface area (Å²) in [5, 5.41) is 11.3. The number of halogens is 2. The normalized spacial score (nSPS) is 12.3. The van der Waals surface area contributed by atoms with Crippen molar-refractivity contribution in [2.24, 2.45) is 0 Å². The van der Waals surface area contributed by atoms with Crippen LogP contribution in [-0.4, -0.2) is 43.7 Å². The molecule has 0 atom stereocenters. The molecule has 0 saturated carbocycles. The van der Waals surface area contributed by atoms with Gasteiger partial charge in [-0.05, 0) is 78.9 Å². The van der Waals surface area contributed by atoms with Crippen molar-refractivity contribution in [3.05, 3.63) is 95.6 Å². The van der Waals surface area contributed by atoms with Gasteiger partial charge < -0.3 is 29.4 Å². The number of hydrogen-bond donors (Lipinski definition) is 2. The van der Waals surface area contributed by atoms with Crippen LogP contribution >= 0.6 is 0 Å². The highest BCUT2D eigenvalue weighted by Crippen LogP contribution is 2.36. The minimum Gasteiger partial charge on any atom is -0.493 e. The van der Waals surface area contributed by atoms with E-state index in [9.17, 15) is 23.2 Å². The summed E-state index contributed by atoms with van der Waals surface area (Å²) in [7, 11) is 3.05. The maximum absolute atomic E-state index is 14.4. The second kappa shape index (κ2) is 17.8. The quantitative estimate of drug-likeness (QED) is 0.137. The third-order valence-corrected chi connectivity index (χ3v) is 7.72. The van der Waals surface area contributed by atoms with Crippen LogP contribution in [0.5, 0.6) is 34.5 Å². The van der Waals surface area contributed by atoms with Crippen molar-refractivity contribution < 1.29 is 47.2 Å². The fourth-order valence-electron chi connectivity index (χ4n) is 4.97. The molecule has 3 amide bonds. The van der Waals surface area contributed by atoms with Crippen molar-refractivity contribution in [2.75, 3.05) is 31.0 Å². The Kier molecular flexibility index (Phi) is 13.3. The molecule has 1 fully saturated rings. The van der Waals surface area contributed by atoms with Gasteiger partial charge in [-0.3, -0.25) is 19.3 Å². The van der Waals surface area contributed by atoms with E-state index in [1.807, 2.05) is 38.1 Å². The number of nitrogens with one attached hydrogen (secondary N) is 1. The molecular weight excluding hydrogens is 650 g/mol. The third kappa shape index (κ3) is 9.56. The number of carbonyl (C=O) groups excluding carboxylic acids is 3. The molecule has 1 aliphatic heterocycles. The molecule has 4 aromatic rings. The van der Waals surface area contributed by atoms with Crippen molar-refractivity contribution in [3.8, 4) is 34.5 Å². The minimum atomic E-state index is -0.661. The van der Waals surface area contributed by atoms with Gasteiger partial charge in [-0.25, -0.2) is 8.78 Å². The van der Waals surface area contributed by atoms with Crippen LogP contribution in [0, 0.1) is 11.6 Å². The number of ether oxygens (including phenoxy) is 4. The molecule has 0 spiro atoms. The van der Waals surface area contributed by atoms with E-state index in [1.165, 1.54) is 38.5 Å². The van der Waals surface area contributed by atoms with Crippen molar-refractivity contribution in [2.45, 2.75) is 52.4 Å². The molecule has 10 nitrogen and oxygen atoms in total. The second-order valence-electron chi connectivity index (χ2n) is 11.1. The number of imide groups is 1. The maximum atomic E-state index is 14.4. The molecule has 5 rings (SSSR count). The van der Waals surface area contributed by atoms with Gasteiger partial charge in [-0.15, -0.1) is 0 Å². The molecule has 1 aliphatic rings. The van der Waals surface area contributed by atoms with Gasteiger partial charge in [-0.2, -0.15) is 0 Å². The lowest BCUT2D eigenvalue weighted by molar-refractivity contribution is -0.121. The smallest absolute Gasteiger partial charge is 0.234 e. The number of anilines is 2. The molecule has 1 heterocycles. The summed E-state index contributed by atoms with van der Waals surface area (Å²) in [5.41, 5.74) is 2.71. The topological polar surface area (TPSA) is 124 Å². The average Bonchev–Trinajstić information content (AvgIpc) is 3.46. The first-order chi connectivity index (χ1) is 24.1. The molecular formula is C38H40F2N2O8. The van der Waals surface area contributed by atoms with E-state index < -0.39 is 11.6 Å². The SMILES string of the molecule is CCc1ccc(Oc2ccc(N3C(=O)CCC3=O)cc2F)c(OC)c1.CCc1ccc(Oc2ccc(NC(=O)CCCO)cc2F)c(OC)c1. The van der Waals surface area contributed by atoms with E-state index in [0.29, 0.717) is 35.1 Å². The average molecular weight is 691 g/mol. The number of nitrogens with zero attached hydrogens (tertiary/aromatic N) is 1. The highest BCUT2D eigenvalue weighted by atomic mass is 19.1. The van der Waals surface area contributed by atoms with Crippen LogP contribution in [0.4, 0.5) is 20.2 Å². The molecule has 4 aromatic carbocycles. The fraction of sp³-hybridized carbons (Fsp3) is 0.289. The van der Waals surface area contributed by atoms with Gasteiger partial charge in [0.25, 0.3) is 0 Å². The monoisotopic (exact) mass is 690 g/mol. The number of aryl methyl sites for hydroxylation is 2. The molecule has 264 valence electrons. The van der Waals surface area contributed by atoms with E-state index in [2.05, 4.69) is 5.32 Å². The van der Waals surface area contributed by atoms with Gasteiger partial charge >= 0.3 is 0 Å². The van der Waals surface area contributed by atoms with E-state index in [-0.39, 0.29) is 60.8 Å².